The highest BCUT2D eigenvalue weighted by Gasteiger charge is 2.21. The van der Waals surface area contributed by atoms with Gasteiger partial charge in [-0.1, -0.05) is 54.6 Å². The molecule has 0 radical (unpaired) electrons. The van der Waals surface area contributed by atoms with Crippen molar-refractivity contribution in [1.82, 2.24) is 0 Å². The predicted octanol–water partition coefficient (Wildman–Crippen LogP) is 5.92. The first-order valence-corrected chi connectivity index (χ1v) is 9.11. The van der Waals surface area contributed by atoms with Gasteiger partial charge in [-0.15, -0.1) is 0 Å². The molecule has 128 valence electrons. The highest BCUT2D eigenvalue weighted by Crippen LogP contribution is 2.34. The van der Waals surface area contributed by atoms with Crippen molar-refractivity contribution in [2.24, 2.45) is 7.05 Å². The summed E-state index contributed by atoms with van der Waals surface area (Å²) < 4.78 is 2.32. The molecular formula is C25H24N+. The minimum absolute atomic E-state index is 1.26. The predicted molar refractivity (Wildman–Crippen MR) is 110 cm³/mol. The van der Waals surface area contributed by atoms with Crippen LogP contribution < -0.4 is 4.57 Å². The Balaban J connectivity index is 2.07. The molecular weight excluding hydrogens is 314 g/mol. The quantitative estimate of drug-likeness (QED) is 0.399. The van der Waals surface area contributed by atoms with Crippen molar-refractivity contribution < 1.29 is 4.57 Å². The topological polar surface area (TPSA) is 3.88 Å². The average molecular weight is 338 g/mol. The monoisotopic (exact) mass is 338 g/mol. The van der Waals surface area contributed by atoms with Gasteiger partial charge >= 0.3 is 0 Å². The highest BCUT2D eigenvalue weighted by molar-refractivity contribution is 5.94. The standard InChI is InChI=1S/C25H24N/c1-17-14-22(20-10-6-5-7-11-20)16-24(19(17)3)25-23-13-9-8-12-21(23)15-18(2)26(25)4/h5-16H,1-4H3/q+1. The van der Waals surface area contributed by atoms with Crippen molar-refractivity contribution in [3.05, 3.63) is 89.6 Å². The second-order valence-corrected chi connectivity index (χ2v) is 7.11. The first-order chi connectivity index (χ1) is 12.6. The van der Waals surface area contributed by atoms with E-state index < -0.39 is 0 Å². The number of aromatic nitrogens is 1. The number of hydrogen-bond donors (Lipinski definition) is 0. The number of nitrogens with zero attached hydrogens (tertiary/aromatic N) is 1. The first kappa shape index (κ1) is 16.5. The van der Waals surface area contributed by atoms with Crippen LogP contribution in [-0.4, -0.2) is 0 Å². The van der Waals surface area contributed by atoms with Gasteiger partial charge in [0.1, 0.15) is 7.05 Å². The molecule has 3 aromatic carbocycles. The van der Waals surface area contributed by atoms with E-state index in [0.717, 1.165) is 0 Å². The molecule has 0 atom stereocenters. The average Bonchev–Trinajstić information content (AvgIpc) is 2.66. The molecule has 0 N–H and O–H groups in total. The summed E-state index contributed by atoms with van der Waals surface area (Å²) in [6, 6.07) is 26.2. The van der Waals surface area contributed by atoms with Gasteiger partial charge in [0.25, 0.3) is 0 Å². The van der Waals surface area contributed by atoms with Crippen LogP contribution in [-0.2, 0) is 7.05 Å². The lowest BCUT2D eigenvalue weighted by Gasteiger charge is -2.14. The molecule has 1 heterocycles. The Morgan fingerprint density at radius 3 is 2.15 bits per heavy atom. The van der Waals surface area contributed by atoms with E-state index in [-0.39, 0.29) is 0 Å². The maximum atomic E-state index is 2.35. The summed E-state index contributed by atoms with van der Waals surface area (Å²) in [4.78, 5) is 0. The summed E-state index contributed by atoms with van der Waals surface area (Å²) in [5, 5.41) is 2.59. The van der Waals surface area contributed by atoms with Crippen molar-refractivity contribution in [1.29, 1.82) is 0 Å². The van der Waals surface area contributed by atoms with Crippen molar-refractivity contribution in [3.63, 3.8) is 0 Å². The van der Waals surface area contributed by atoms with Crippen molar-refractivity contribution >= 4 is 10.8 Å². The summed E-state index contributed by atoms with van der Waals surface area (Å²) >= 11 is 0. The van der Waals surface area contributed by atoms with E-state index in [9.17, 15) is 0 Å². The summed E-state index contributed by atoms with van der Waals surface area (Å²) in [5.41, 5.74) is 9.07. The molecule has 0 saturated heterocycles. The maximum absolute atomic E-state index is 2.35. The van der Waals surface area contributed by atoms with Crippen LogP contribution in [0.1, 0.15) is 16.8 Å². The molecule has 4 rings (SSSR count). The summed E-state index contributed by atoms with van der Waals surface area (Å²) in [6.45, 7) is 6.62. The van der Waals surface area contributed by atoms with E-state index >= 15 is 0 Å². The molecule has 1 aromatic heterocycles. The Morgan fingerprint density at radius 2 is 1.38 bits per heavy atom. The number of fused-ring (bicyclic) bond motifs is 1. The number of hydrogen-bond acceptors (Lipinski definition) is 0. The van der Waals surface area contributed by atoms with Crippen LogP contribution in [0.15, 0.2) is 72.8 Å². The Labute approximate surface area is 155 Å². The zero-order valence-electron chi connectivity index (χ0n) is 15.9. The van der Waals surface area contributed by atoms with Crippen molar-refractivity contribution in [2.45, 2.75) is 20.8 Å². The van der Waals surface area contributed by atoms with E-state index in [1.165, 1.54) is 50.0 Å². The van der Waals surface area contributed by atoms with Gasteiger partial charge in [-0.2, -0.15) is 4.57 Å². The van der Waals surface area contributed by atoms with Crippen molar-refractivity contribution in [3.8, 4) is 22.4 Å². The third-order valence-electron chi connectivity index (χ3n) is 5.47. The lowest BCUT2D eigenvalue weighted by molar-refractivity contribution is -0.665. The van der Waals surface area contributed by atoms with E-state index in [1.807, 2.05) is 0 Å². The third-order valence-corrected chi connectivity index (χ3v) is 5.47. The number of pyridine rings is 1. The molecule has 0 aliphatic carbocycles. The maximum Gasteiger partial charge on any atom is 0.220 e. The Morgan fingerprint density at radius 1 is 0.692 bits per heavy atom. The lowest BCUT2D eigenvalue weighted by Crippen LogP contribution is -2.35. The highest BCUT2D eigenvalue weighted by atomic mass is 14.9. The second kappa shape index (κ2) is 6.42. The summed E-state index contributed by atoms with van der Waals surface area (Å²) in [5.74, 6) is 0. The van der Waals surface area contributed by atoms with Crippen LogP contribution in [0.2, 0.25) is 0 Å². The Bertz CT molecular complexity index is 1110. The van der Waals surface area contributed by atoms with Crippen LogP contribution in [0.3, 0.4) is 0 Å². The van der Waals surface area contributed by atoms with Gasteiger partial charge in [-0.25, -0.2) is 0 Å². The SMILES string of the molecule is Cc1cc(-c2ccccc2)cc(-c2c3ccccc3cc(C)[n+]2C)c1C. The molecule has 1 nitrogen and oxygen atoms in total. The fourth-order valence-corrected chi connectivity index (χ4v) is 3.75. The van der Waals surface area contributed by atoms with Gasteiger partial charge in [0.15, 0.2) is 5.69 Å². The Hall–Kier alpha value is -2.93. The van der Waals surface area contributed by atoms with Crippen LogP contribution in [0.5, 0.6) is 0 Å². The van der Waals surface area contributed by atoms with E-state index in [2.05, 4.69) is 105 Å². The Kier molecular flexibility index (Phi) is 4.08. The number of rotatable bonds is 2. The van der Waals surface area contributed by atoms with Crippen molar-refractivity contribution in [2.75, 3.05) is 0 Å². The lowest BCUT2D eigenvalue weighted by atomic mass is 9.92. The van der Waals surface area contributed by atoms with E-state index in [0.29, 0.717) is 0 Å². The molecule has 26 heavy (non-hydrogen) atoms. The molecule has 0 spiro atoms. The van der Waals surface area contributed by atoms with Crippen LogP contribution in [0.25, 0.3) is 33.2 Å². The minimum atomic E-state index is 1.26. The van der Waals surface area contributed by atoms with E-state index in [4.69, 9.17) is 0 Å². The van der Waals surface area contributed by atoms with Crippen LogP contribution >= 0.6 is 0 Å². The molecule has 0 aliphatic heterocycles. The minimum Gasteiger partial charge on any atom is -0.198 e. The van der Waals surface area contributed by atoms with Gasteiger partial charge < -0.3 is 0 Å². The molecule has 0 saturated carbocycles. The number of aryl methyl sites for hydroxylation is 2. The molecule has 0 aliphatic rings. The van der Waals surface area contributed by atoms with Gasteiger partial charge in [0.2, 0.25) is 5.69 Å². The van der Waals surface area contributed by atoms with Gasteiger partial charge in [-0.05, 0) is 53.6 Å². The summed E-state index contributed by atoms with van der Waals surface area (Å²) in [6.07, 6.45) is 0. The number of benzene rings is 3. The zero-order chi connectivity index (χ0) is 18.3. The van der Waals surface area contributed by atoms with Gasteiger partial charge in [0.05, 0.1) is 10.9 Å². The first-order valence-electron chi connectivity index (χ1n) is 9.11. The normalized spacial score (nSPS) is 11.1. The molecule has 0 bridgehead atoms. The molecule has 0 amide bonds. The summed E-state index contributed by atoms with van der Waals surface area (Å²) in [7, 11) is 2.17. The smallest absolute Gasteiger partial charge is 0.198 e. The van der Waals surface area contributed by atoms with Gasteiger partial charge in [0, 0.05) is 13.0 Å². The largest absolute Gasteiger partial charge is 0.220 e. The zero-order valence-corrected chi connectivity index (χ0v) is 15.9. The molecule has 0 fully saturated rings. The fraction of sp³-hybridized carbons (Fsp3) is 0.160. The van der Waals surface area contributed by atoms with Gasteiger partial charge in [-0.3, -0.25) is 0 Å². The third kappa shape index (κ3) is 2.70. The fourth-order valence-electron chi connectivity index (χ4n) is 3.75. The van der Waals surface area contributed by atoms with E-state index in [1.54, 1.807) is 0 Å². The second-order valence-electron chi connectivity index (χ2n) is 7.11. The molecule has 1 heteroatoms. The molecule has 4 aromatic rings. The molecule has 0 unspecified atom stereocenters. The van der Waals surface area contributed by atoms with Crippen LogP contribution in [0, 0.1) is 20.8 Å². The van der Waals surface area contributed by atoms with Crippen LogP contribution in [0.4, 0.5) is 0 Å².